The Morgan fingerprint density at radius 3 is 2.00 bits per heavy atom. The van der Waals surface area contributed by atoms with E-state index < -0.39 is 46.4 Å². The average Bonchev–Trinajstić information content (AvgIpc) is 2.79. The van der Waals surface area contributed by atoms with Crippen molar-refractivity contribution in [1.29, 1.82) is 0 Å². The van der Waals surface area contributed by atoms with Gasteiger partial charge in [0.2, 0.25) is 0 Å². The first-order valence-electron chi connectivity index (χ1n) is 8.61. The molecule has 0 aromatic heterocycles. The van der Waals surface area contributed by atoms with Crippen LogP contribution in [0.1, 0.15) is 0 Å². The lowest BCUT2D eigenvalue weighted by atomic mass is 9.88. The van der Waals surface area contributed by atoms with E-state index in [9.17, 15) is 19.2 Å². The molecule has 1 aromatic rings. The molecule has 0 fully saturated rings. The van der Waals surface area contributed by atoms with Gasteiger partial charge in [-0.25, -0.2) is 19.4 Å². The fourth-order valence-corrected chi connectivity index (χ4v) is 3.46. The molecule has 0 spiro atoms. The predicted molar refractivity (Wildman–Crippen MR) is 103 cm³/mol. The first kappa shape index (κ1) is 21.0. The van der Waals surface area contributed by atoms with Gasteiger partial charge in [0.15, 0.2) is 5.71 Å². The molecule has 1 amide bonds. The molecule has 1 atom stereocenters. The molecule has 0 aliphatic carbocycles. The molecule has 0 radical (unpaired) electrons. The third-order valence-electron chi connectivity index (χ3n) is 4.84. The van der Waals surface area contributed by atoms with Crippen LogP contribution in [0.3, 0.4) is 0 Å². The Hall–Kier alpha value is -3.73. The second kappa shape index (κ2) is 7.59. The van der Waals surface area contributed by atoms with Gasteiger partial charge >= 0.3 is 17.9 Å². The number of esters is 3. The lowest BCUT2D eigenvalue weighted by molar-refractivity contribution is -0.148. The first-order chi connectivity index (χ1) is 14.3. The molecule has 0 saturated heterocycles. The smallest absolute Gasteiger partial charge is 0.359 e. The number of fused-ring (bicyclic) bond motifs is 3. The van der Waals surface area contributed by atoms with E-state index in [0.717, 1.165) is 26.3 Å². The highest BCUT2D eigenvalue weighted by atomic mass is 16.5. The maximum atomic E-state index is 13.5. The van der Waals surface area contributed by atoms with Crippen LogP contribution < -0.4 is 9.91 Å². The number of hydrazone groups is 1. The topological polar surface area (TPSA) is 124 Å². The number of ether oxygens (including phenoxy) is 4. The molecular weight excluding hydrogens is 398 g/mol. The van der Waals surface area contributed by atoms with Crippen LogP contribution >= 0.6 is 0 Å². The third kappa shape index (κ3) is 2.66. The minimum atomic E-state index is -2.22. The monoisotopic (exact) mass is 417 g/mol. The summed E-state index contributed by atoms with van der Waals surface area (Å²) in [6, 6.07) is 6.64. The molecule has 2 aliphatic heterocycles. The van der Waals surface area contributed by atoms with Crippen molar-refractivity contribution in [3.63, 3.8) is 0 Å². The van der Waals surface area contributed by atoms with Crippen molar-refractivity contribution in [2.75, 3.05) is 45.4 Å². The van der Waals surface area contributed by atoms with Crippen LogP contribution in [0.15, 0.2) is 40.5 Å². The normalized spacial score (nSPS) is 20.2. The van der Waals surface area contributed by atoms with Gasteiger partial charge in [-0.2, -0.15) is 5.10 Å². The molecule has 1 aromatic carbocycles. The SMILES string of the molecule is COC(=O)C1=NN2c3ccccc3N(C)C(=O)C2(OC)C(C(=O)OC)=C1C(=O)OC. The summed E-state index contributed by atoms with van der Waals surface area (Å²) >= 11 is 0. The van der Waals surface area contributed by atoms with Crippen LogP contribution in [0.4, 0.5) is 11.4 Å². The number of nitrogens with zero attached hydrogens (tertiary/aromatic N) is 3. The number of carbonyl (C=O) groups is 4. The maximum Gasteiger partial charge on any atom is 0.359 e. The number of benzene rings is 1. The molecule has 30 heavy (non-hydrogen) atoms. The number of methoxy groups -OCH3 is 4. The number of amides is 1. The molecule has 2 aliphatic rings. The van der Waals surface area contributed by atoms with Gasteiger partial charge in [0, 0.05) is 14.2 Å². The zero-order chi connectivity index (χ0) is 22.2. The zero-order valence-corrected chi connectivity index (χ0v) is 16.9. The largest absolute Gasteiger partial charge is 0.465 e. The number of hydrogen-bond acceptors (Lipinski definition) is 10. The van der Waals surface area contributed by atoms with Gasteiger partial charge in [-0.1, -0.05) is 12.1 Å². The van der Waals surface area contributed by atoms with Crippen LogP contribution in [0, 0.1) is 0 Å². The number of likely N-dealkylation sites (N-methyl/N-ethyl adjacent to an activating group) is 1. The Morgan fingerprint density at radius 1 is 0.900 bits per heavy atom. The minimum absolute atomic E-state index is 0.341. The van der Waals surface area contributed by atoms with E-state index in [1.807, 2.05) is 0 Å². The summed E-state index contributed by atoms with van der Waals surface area (Å²) in [7, 11) is 5.84. The summed E-state index contributed by atoms with van der Waals surface area (Å²) in [5.74, 6) is -3.94. The maximum absolute atomic E-state index is 13.5. The highest BCUT2D eigenvalue weighted by Crippen LogP contribution is 2.47. The number of rotatable bonds is 4. The van der Waals surface area contributed by atoms with Gasteiger partial charge in [0.05, 0.1) is 32.7 Å². The Balaban J connectivity index is 2.49. The van der Waals surface area contributed by atoms with Crippen LogP contribution in [0.5, 0.6) is 0 Å². The molecular formula is C19H19N3O8. The first-order valence-corrected chi connectivity index (χ1v) is 8.61. The van der Waals surface area contributed by atoms with Crippen molar-refractivity contribution in [1.82, 2.24) is 0 Å². The molecule has 0 bridgehead atoms. The fourth-order valence-electron chi connectivity index (χ4n) is 3.46. The summed E-state index contributed by atoms with van der Waals surface area (Å²) < 4.78 is 19.9. The Kier molecular flexibility index (Phi) is 5.31. The van der Waals surface area contributed by atoms with Crippen LogP contribution in [-0.2, 0) is 38.1 Å². The van der Waals surface area contributed by atoms with Crippen LogP contribution in [0.2, 0.25) is 0 Å². The average molecular weight is 417 g/mol. The third-order valence-corrected chi connectivity index (χ3v) is 4.84. The van der Waals surface area contributed by atoms with E-state index in [0.29, 0.717) is 11.4 Å². The highest BCUT2D eigenvalue weighted by molar-refractivity contribution is 6.51. The van der Waals surface area contributed by atoms with E-state index in [1.165, 1.54) is 19.1 Å². The summed E-state index contributed by atoms with van der Waals surface area (Å²) in [6.45, 7) is 0. The second-order valence-corrected chi connectivity index (χ2v) is 6.19. The molecule has 3 rings (SSSR count). The fraction of sp³-hybridized carbons (Fsp3) is 0.316. The van der Waals surface area contributed by atoms with Gasteiger partial charge in [0.25, 0.3) is 11.6 Å². The van der Waals surface area contributed by atoms with Gasteiger partial charge in [0.1, 0.15) is 11.1 Å². The van der Waals surface area contributed by atoms with E-state index in [2.05, 4.69) is 5.10 Å². The quantitative estimate of drug-likeness (QED) is 0.492. The van der Waals surface area contributed by atoms with Gasteiger partial charge < -0.3 is 23.8 Å². The van der Waals surface area contributed by atoms with Gasteiger partial charge in [-0.05, 0) is 12.1 Å². The van der Waals surface area contributed by atoms with E-state index in [1.54, 1.807) is 24.3 Å². The summed E-state index contributed by atoms with van der Waals surface area (Å²) in [4.78, 5) is 52.7. The van der Waals surface area contributed by atoms with E-state index >= 15 is 0 Å². The van der Waals surface area contributed by atoms with Crippen molar-refractivity contribution >= 4 is 40.9 Å². The predicted octanol–water partition coefficient (Wildman–Crippen LogP) is -0.00270. The summed E-state index contributed by atoms with van der Waals surface area (Å²) in [5.41, 5.74) is -3.12. The standard InChI is InChI=1S/C19H19N3O8/c1-21-10-8-6-7-9-11(10)22-19(30-5,18(21)26)13(16(24)28-3)12(15(23)27-2)14(20-22)17(25)29-4/h6-9H,1-5H3. The second-order valence-electron chi connectivity index (χ2n) is 6.19. The molecule has 0 saturated carbocycles. The summed E-state index contributed by atoms with van der Waals surface area (Å²) in [5, 5.41) is 5.26. The van der Waals surface area contributed by atoms with Crippen molar-refractivity contribution < 1.29 is 38.1 Å². The highest BCUT2D eigenvalue weighted by Gasteiger charge is 2.62. The Bertz CT molecular complexity index is 1010. The zero-order valence-electron chi connectivity index (χ0n) is 16.9. The number of hydrogen-bond donors (Lipinski definition) is 0. The minimum Gasteiger partial charge on any atom is -0.465 e. The lowest BCUT2D eigenvalue weighted by Crippen LogP contribution is -2.67. The number of carbonyl (C=O) groups excluding carboxylic acids is 4. The Morgan fingerprint density at radius 2 is 1.47 bits per heavy atom. The molecule has 0 N–H and O–H groups in total. The molecule has 11 nitrogen and oxygen atoms in total. The molecule has 2 heterocycles. The number of para-hydroxylation sites is 2. The molecule has 158 valence electrons. The van der Waals surface area contributed by atoms with E-state index in [4.69, 9.17) is 18.9 Å². The van der Waals surface area contributed by atoms with Crippen LogP contribution in [-0.4, -0.2) is 70.7 Å². The Labute approximate surface area is 171 Å². The van der Waals surface area contributed by atoms with Crippen molar-refractivity contribution in [3.8, 4) is 0 Å². The molecule has 1 unspecified atom stereocenters. The van der Waals surface area contributed by atoms with Gasteiger partial charge in [-0.3, -0.25) is 4.79 Å². The molecule has 11 heteroatoms. The van der Waals surface area contributed by atoms with Gasteiger partial charge in [-0.15, -0.1) is 0 Å². The van der Waals surface area contributed by atoms with E-state index in [-0.39, 0.29) is 0 Å². The van der Waals surface area contributed by atoms with Crippen molar-refractivity contribution in [2.24, 2.45) is 5.10 Å². The number of anilines is 2. The van der Waals surface area contributed by atoms with Crippen molar-refractivity contribution in [2.45, 2.75) is 5.72 Å². The van der Waals surface area contributed by atoms with Crippen LogP contribution in [0.25, 0.3) is 0 Å². The van der Waals surface area contributed by atoms with Crippen molar-refractivity contribution in [3.05, 3.63) is 35.4 Å². The lowest BCUT2D eigenvalue weighted by Gasteiger charge is -2.48. The summed E-state index contributed by atoms with van der Waals surface area (Å²) in [6.07, 6.45) is 0.